The number of piperidine rings is 1. The van der Waals surface area contributed by atoms with Crippen LogP contribution in [0, 0.1) is 0 Å². The maximum absolute atomic E-state index is 12.7. The van der Waals surface area contributed by atoms with E-state index in [1.165, 1.54) is 6.92 Å². The van der Waals surface area contributed by atoms with Crippen LogP contribution in [0.1, 0.15) is 37.8 Å². The molecule has 0 aliphatic carbocycles. The van der Waals surface area contributed by atoms with Crippen molar-refractivity contribution in [3.8, 4) is 5.75 Å². The van der Waals surface area contributed by atoms with Gasteiger partial charge in [-0.3, -0.25) is 9.59 Å². The zero-order valence-corrected chi connectivity index (χ0v) is 14.7. The van der Waals surface area contributed by atoms with Crippen LogP contribution in [0.3, 0.4) is 0 Å². The molecule has 132 valence electrons. The van der Waals surface area contributed by atoms with Crippen molar-refractivity contribution in [2.24, 2.45) is 0 Å². The van der Waals surface area contributed by atoms with E-state index >= 15 is 0 Å². The average Bonchev–Trinajstić information content (AvgIpc) is 2.60. The second kappa shape index (κ2) is 8.68. The number of nitrogens with zero attached hydrogens (tertiary/aromatic N) is 1. The standard InChI is InChI=1S/C18H27N3O3/c1-13(22)20-17(14-6-8-16(24-3)9-7-14)11-18(23)21-10-4-5-15(12-21)19-2/h6-9,15,17,19H,4-5,10-12H2,1-3H3,(H,20,22). The molecule has 1 heterocycles. The summed E-state index contributed by atoms with van der Waals surface area (Å²) < 4.78 is 5.16. The van der Waals surface area contributed by atoms with E-state index in [-0.39, 0.29) is 24.3 Å². The molecule has 1 fully saturated rings. The number of likely N-dealkylation sites (N-methyl/N-ethyl adjacent to an activating group) is 1. The summed E-state index contributed by atoms with van der Waals surface area (Å²) in [5.41, 5.74) is 0.904. The molecule has 2 rings (SSSR count). The van der Waals surface area contributed by atoms with E-state index in [1.54, 1.807) is 7.11 Å². The van der Waals surface area contributed by atoms with Crippen LogP contribution in [-0.2, 0) is 9.59 Å². The summed E-state index contributed by atoms with van der Waals surface area (Å²) in [7, 11) is 3.54. The van der Waals surface area contributed by atoms with Gasteiger partial charge in [0, 0.05) is 26.1 Å². The molecule has 2 amide bonds. The minimum atomic E-state index is -0.323. The number of benzene rings is 1. The number of likely N-dealkylation sites (tertiary alicyclic amines) is 1. The zero-order valence-electron chi connectivity index (χ0n) is 14.7. The van der Waals surface area contributed by atoms with Crippen LogP contribution in [0.5, 0.6) is 5.75 Å². The van der Waals surface area contributed by atoms with Crippen LogP contribution < -0.4 is 15.4 Å². The first-order valence-corrected chi connectivity index (χ1v) is 8.39. The second-order valence-corrected chi connectivity index (χ2v) is 6.20. The molecule has 1 aliphatic heterocycles. The number of carbonyl (C=O) groups is 2. The number of hydrogen-bond acceptors (Lipinski definition) is 4. The molecule has 6 nitrogen and oxygen atoms in total. The number of hydrogen-bond donors (Lipinski definition) is 2. The van der Waals surface area contributed by atoms with Gasteiger partial charge in [-0.1, -0.05) is 12.1 Å². The van der Waals surface area contributed by atoms with Crippen LogP contribution in [-0.4, -0.2) is 50.0 Å². The molecular formula is C18H27N3O3. The molecule has 2 unspecified atom stereocenters. The summed E-state index contributed by atoms with van der Waals surface area (Å²) in [6.07, 6.45) is 2.36. The van der Waals surface area contributed by atoms with Gasteiger partial charge in [0.15, 0.2) is 0 Å². The molecule has 2 N–H and O–H groups in total. The lowest BCUT2D eigenvalue weighted by atomic mass is 10.0. The Morgan fingerprint density at radius 1 is 1.33 bits per heavy atom. The van der Waals surface area contributed by atoms with Crippen molar-refractivity contribution >= 4 is 11.8 Å². The summed E-state index contributed by atoms with van der Waals surface area (Å²) in [5, 5.41) is 6.13. The molecule has 24 heavy (non-hydrogen) atoms. The molecule has 6 heteroatoms. The summed E-state index contributed by atoms with van der Waals surface area (Å²) in [6, 6.07) is 7.48. The maximum atomic E-state index is 12.7. The summed E-state index contributed by atoms with van der Waals surface area (Å²) >= 11 is 0. The fraction of sp³-hybridized carbons (Fsp3) is 0.556. The fourth-order valence-corrected chi connectivity index (χ4v) is 3.08. The van der Waals surface area contributed by atoms with Gasteiger partial charge in [0.2, 0.25) is 11.8 Å². The van der Waals surface area contributed by atoms with Crippen molar-refractivity contribution in [1.82, 2.24) is 15.5 Å². The topological polar surface area (TPSA) is 70.7 Å². The summed E-state index contributed by atoms with van der Waals surface area (Å²) in [4.78, 5) is 26.1. The molecule has 0 aromatic heterocycles. The quantitative estimate of drug-likeness (QED) is 0.827. The van der Waals surface area contributed by atoms with Crippen LogP contribution in [0.15, 0.2) is 24.3 Å². The Bertz CT molecular complexity index is 559. The van der Waals surface area contributed by atoms with E-state index in [4.69, 9.17) is 4.74 Å². The van der Waals surface area contributed by atoms with Crippen molar-refractivity contribution in [2.75, 3.05) is 27.2 Å². The molecule has 1 aromatic carbocycles. The Balaban J connectivity index is 2.07. The Hall–Kier alpha value is -2.08. The van der Waals surface area contributed by atoms with Crippen LogP contribution >= 0.6 is 0 Å². The molecule has 0 spiro atoms. The van der Waals surface area contributed by atoms with E-state index < -0.39 is 0 Å². The molecule has 0 radical (unpaired) electrons. The van der Waals surface area contributed by atoms with Crippen molar-refractivity contribution in [1.29, 1.82) is 0 Å². The second-order valence-electron chi connectivity index (χ2n) is 6.20. The Morgan fingerprint density at radius 3 is 2.62 bits per heavy atom. The number of nitrogens with one attached hydrogen (secondary N) is 2. The predicted molar refractivity (Wildman–Crippen MR) is 92.8 cm³/mol. The monoisotopic (exact) mass is 333 g/mol. The number of carbonyl (C=O) groups excluding carboxylic acids is 2. The highest BCUT2D eigenvalue weighted by molar-refractivity contribution is 5.79. The third-order valence-corrected chi connectivity index (χ3v) is 4.46. The Labute approximate surface area is 143 Å². The van der Waals surface area contributed by atoms with E-state index in [2.05, 4.69) is 10.6 Å². The van der Waals surface area contributed by atoms with Crippen molar-refractivity contribution < 1.29 is 14.3 Å². The third-order valence-electron chi connectivity index (χ3n) is 4.46. The maximum Gasteiger partial charge on any atom is 0.225 e. The van der Waals surface area contributed by atoms with Crippen LogP contribution in [0.4, 0.5) is 0 Å². The highest BCUT2D eigenvalue weighted by atomic mass is 16.5. The third kappa shape index (κ3) is 4.96. The van der Waals surface area contributed by atoms with Crippen molar-refractivity contribution in [3.63, 3.8) is 0 Å². The number of methoxy groups -OCH3 is 1. The van der Waals surface area contributed by atoms with E-state index in [0.717, 1.165) is 37.2 Å². The normalized spacial score (nSPS) is 18.8. The van der Waals surface area contributed by atoms with Gasteiger partial charge in [0.05, 0.1) is 19.6 Å². The van der Waals surface area contributed by atoms with Crippen LogP contribution in [0.25, 0.3) is 0 Å². The lowest BCUT2D eigenvalue weighted by Crippen LogP contribution is -2.47. The minimum absolute atomic E-state index is 0.0736. The van der Waals surface area contributed by atoms with Gasteiger partial charge in [0.1, 0.15) is 5.75 Å². The highest BCUT2D eigenvalue weighted by Crippen LogP contribution is 2.22. The van der Waals surface area contributed by atoms with E-state index in [1.807, 2.05) is 36.2 Å². The molecule has 2 atom stereocenters. The summed E-state index contributed by atoms with van der Waals surface area (Å²) in [6.45, 7) is 2.98. The smallest absolute Gasteiger partial charge is 0.225 e. The average molecular weight is 333 g/mol. The SMILES string of the molecule is CNC1CCCN(C(=O)CC(NC(C)=O)c2ccc(OC)cc2)C1. The molecule has 1 saturated heterocycles. The first-order chi connectivity index (χ1) is 11.5. The predicted octanol–water partition coefficient (Wildman–Crippen LogP) is 1.47. The lowest BCUT2D eigenvalue weighted by Gasteiger charge is -2.33. The molecule has 0 saturated carbocycles. The van der Waals surface area contributed by atoms with E-state index in [9.17, 15) is 9.59 Å². The van der Waals surface area contributed by atoms with Crippen LogP contribution in [0.2, 0.25) is 0 Å². The Morgan fingerprint density at radius 2 is 2.04 bits per heavy atom. The van der Waals surface area contributed by atoms with Gasteiger partial charge in [-0.05, 0) is 37.6 Å². The number of ether oxygens (including phenoxy) is 1. The first-order valence-electron chi connectivity index (χ1n) is 8.39. The first kappa shape index (κ1) is 18.3. The molecular weight excluding hydrogens is 306 g/mol. The fourth-order valence-electron chi connectivity index (χ4n) is 3.08. The van der Waals surface area contributed by atoms with Gasteiger partial charge in [0.25, 0.3) is 0 Å². The van der Waals surface area contributed by atoms with Crippen molar-refractivity contribution in [3.05, 3.63) is 29.8 Å². The molecule has 1 aliphatic rings. The number of rotatable bonds is 6. The van der Waals surface area contributed by atoms with Crippen molar-refractivity contribution in [2.45, 2.75) is 38.3 Å². The highest BCUT2D eigenvalue weighted by Gasteiger charge is 2.25. The van der Waals surface area contributed by atoms with Gasteiger partial charge >= 0.3 is 0 Å². The Kier molecular flexibility index (Phi) is 6.61. The largest absolute Gasteiger partial charge is 0.497 e. The number of amides is 2. The summed E-state index contributed by atoms with van der Waals surface area (Å²) in [5.74, 6) is 0.680. The lowest BCUT2D eigenvalue weighted by molar-refractivity contribution is -0.133. The minimum Gasteiger partial charge on any atom is -0.497 e. The van der Waals surface area contributed by atoms with Gasteiger partial charge in [-0.25, -0.2) is 0 Å². The van der Waals surface area contributed by atoms with Gasteiger partial charge < -0.3 is 20.3 Å². The molecule has 0 bridgehead atoms. The van der Waals surface area contributed by atoms with Gasteiger partial charge in [-0.15, -0.1) is 0 Å². The van der Waals surface area contributed by atoms with E-state index in [0.29, 0.717) is 6.04 Å². The molecule has 1 aromatic rings. The zero-order chi connectivity index (χ0) is 17.5. The van der Waals surface area contributed by atoms with Gasteiger partial charge in [-0.2, -0.15) is 0 Å².